The lowest BCUT2D eigenvalue weighted by molar-refractivity contribution is 0.669. The van der Waals surface area contributed by atoms with Crippen molar-refractivity contribution in [3.05, 3.63) is 170 Å². The highest BCUT2D eigenvalue weighted by molar-refractivity contribution is 6.20. The minimum absolute atomic E-state index is 0.901. The quantitative estimate of drug-likeness (QED) is 0.191. The SMILES string of the molecule is c1ccc(-c2ccc3oc4ccc(-c5c6cccc(-c7ccccc7)c6cc6c(-c7ccccc7)cccc56)cc4c3c2)cc1. The topological polar surface area (TPSA) is 13.1 Å². The zero-order valence-corrected chi connectivity index (χ0v) is 24.6. The summed E-state index contributed by atoms with van der Waals surface area (Å²) in [5.41, 5.74) is 11.5. The van der Waals surface area contributed by atoms with Crippen LogP contribution in [0.3, 0.4) is 0 Å². The molecule has 9 aromatic rings. The highest BCUT2D eigenvalue weighted by Crippen LogP contribution is 2.44. The first kappa shape index (κ1) is 25.6. The predicted molar refractivity (Wildman–Crippen MR) is 190 cm³/mol. The molecule has 0 saturated carbocycles. The molecular formula is C44H28O. The zero-order chi connectivity index (χ0) is 29.7. The molecule has 8 aromatic carbocycles. The van der Waals surface area contributed by atoms with Crippen LogP contribution >= 0.6 is 0 Å². The summed E-state index contributed by atoms with van der Waals surface area (Å²) in [4.78, 5) is 0. The van der Waals surface area contributed by atoms with Crippen molar-refractivity contribution in [1.29, 1.82) is 0 Å². The maximum atomic E-state index is 6.36. The third-order valence-electron chi connectivity index (χ3n) is 9.07. The lowest BCUT2D eigenvalue weighted by Gasteiger charge is -2.17. The minimum Gasteiger partial charge on any atom is -0.456 e. The Morgan fingerprint density at radius 2 is 0.733 bits per heavy atom. The molecule has 1 nitrogen and oxygen atoms in total. The fourth-order valence-corrected chi connectivity index (χ4v) is 6.96. The van der Waals surface area contributed by atoms with Gasteiger partial charge in [0.1, 0.15) is 11.2 Å². The molecule has 0 fully saturated rings. The second-order valence-electron chi connectivity index (χ2n) is 11.7. The Morgan fingerprint density at radius 1 is 0.267 bits per heavy atom. The van der Waals surface area contributed by atoms with Gasteiger partial charge >= 0.3 is 0 Å². The van der Waals surface area contributed by atoms with E-state index in [2.05, 4.69) is 170 Å². The molecule has 0 bridgehead atoms. The molecule has 1 aromatic heterocycles. The van der Waals surface area contributed by atoms with Gasteiger partial charge in [0.2, 0.25) is 0 Å². The van der Waals surface area contributed by atoms with Gasteiger partial charge in [-0.05, 0) is 96.4 Å². The van der Waals surface area contributed by atoms with Crippen LogP contribution in [0.15, 0.2) is 174 Å². The number of hydrogen-bond donors (Lipinski definition) is 0. The average Bonchev–Trinajstić information content (AvgIpc) is 3.48. The molecule has 0 radical (unpaired) electrons. The molecule has 0 N–H and O–H groups in total. The van der Waals surface area contributed by atoms with E-state index in [-0.39, 0.29) is 0 Å². The molecule has 0 atom stereocenters. The Kier molecular flexibility index (Phi) is 5.89. The van der Waals surface area contributed by atoms with Crippen LogP contribution in [0.4, 0.5) is 0 Å². The van der Waals surface area contributed by atoms with E-state index in [9.17, 15) is 0 Å². The van der Waals surface area contributed by atoms with E-state index in [4.69, 9.17) is 4.42 Å². The Bertz CT molecular complexity index is 2410. The minimum atomic E-state index is 0.901. The first-order valence-corrected chi connectivity index (χ1v) is 15.4. The van der Waals surface area contributed by atoms with Gasteiger partial charge in [0.05, 0.1) is 0 Å². The van der Waals surface area contributed by atoms with Gasteiger partial charge in [-0.2, -0.15) is 0 Å². The zero-order valence-electron chi connectivity index (χ0n) is 24.6. The molecule has 0 aliphatic carbocycles. The smallest absolute Gasteiger partial charge is 0.135 e. The largest absolute Gasteiger partial charge is 0.456 e. The van der Waals surface area contributed by atoms with Gasteiger partial charge in [-0.1, -0.05) is 140 Å². The maximum absolute atomic E-state index is 6.36. The summed E-state index contributed by atoms with van der Waals surface area (Å²) < 4.78 is 6.36. The summed E-state index contributed by atoms with van der Waals surface area (Å²) in [6.45, 7) is 0. The molecule has 0 saturated heterocycles. The van der Waals surface area contributed by atoms with Crippen molar-refractivity contribution < 1.29 is 4.42 Å². The van der Waals surface area contributed by atoms with Crippen LogP contribution in [0.1, 0.15) is 0 Å². The Hall–Kier alpha value is -5.92. The molecule has 45 heavy (non-hydrogen) atoms. The summed E-state index contributed by atoms with van der Waals surface area (Å²) in [6.07, 6.45) is 0. The van der Waals surface area contributed by atoms with Gasteiger partial charge in [-0.15, -0.1) is 0 Å². The van der Waals surface area contributed by atoms with E-state index in [0.717, 1.165) is 21.9 Å². The molecular weight excluding hydrogens is 544 g/mol. The van der Waals surface area contributed by atoms with Crippen molar-refractivity contribution in [2.24, 2.45) is 0 Å². The normalized spacial score (nSPS) is 11.6. The van der Waals surface area contributed by atoms with Crippen LogP contribution in [0.2, 0.25) is 0 Å². The van der Waals surface area contributed by atoms with E-state index in [1.165, 1.54) is 66.1 Å². The molecule has 1 heterocycles. The van der Waals surface area contributed by atoms with Gasteiger partial charge in [-0.3, -0.25) is 0 Å². The monoisotopic (exact) mass is 572 g/mol. The first-order valence-electron chi connectivity index (χ1n) is 15.4. The van der Waals surface area contributed by atoms with Crippen LogP contribution in [-0.2, 0) is 0 Å². The summed E-state index contributed by atoms with van der Waals surface area (Å²) in [5, 5.41) is 7.24. The fraction of sp³-hybridized carbons (Fsp3) is 0. The maximum Gasteiger partial charge on any atom is 0.135 e. The van der Waals surface area contributed by atoms with Crippen molar-refractivity contribution in [1.82, 2.24) is 0 Å². The highest BCUT2D eigenvalue weighted by atomic mass is 16.3. The van der Waals surface area contributed by atoms with Gasteiger partial charge in [-0.25, -0.2) is 0 Å². The van der Waals surface area contributed by atoms with Crippen LogP contribution < -0.4 is 0 Å². The van der Waals surface area contributed by atoms with Crippen molar-refractivity contribution >= 4 is 43.5 Å². The summed E-state index contributed by atoms with van der Waals surface area (Å²) >= 11 is 0. The van der Waals surface area contributed by atoms with E-state index in [1.807, 2.05) is 0 Å². The first-order chi connectivity index (χ1) is 22.3. The number of benzene rings is 8. The molecule has 210 valence electrons. The molecule has 1 heteroatoms. The highest BCUT2D eigenvalue weighted by Gasteiger charge is 2.17. The second-order valence-corrected chi connectivity index (χ2v) is 11.7. The van der Waals surface area contributed by atoms with Crippen molar-refractivity contribution in [2.75, 3.05) is 0 Å². The third kappa shape index (κ3) is 4.24. The average molecular weight is 573 g/mol. The number of rotatable bonds is 4. The number of hydrogen-bond acceptors (Lipinski definition) is 1. The summed E-state index contributed by atoms with van der Waals surface area (Å²) in [6, 6.07) is 61.0. The summed E-state index contributed by atoms with van der Waals surface area (Å²) in [5.74, 6) is 0. The Morgan fingerprint density at radius 3 is 1.27 bits per heavy atom. The molecule has 0 aliphatic rings. The van der Waals surface area contributed by atoms with Crippen LogP contribution in [0.5, 0.6) is 0 Å². The molecule has 0 aliphatic heterocycles. The van der Waals surface area contributed by atoms with Gasteiger partial charge in [0, 0.05) is 10.8 Å². The Balaban J connectivity index is 1.36. The van der Waals surface area contributed by atoms with Crippen LogP contribution in [0, 0.1) is 0 Å². The second kappa shape index (κ2) is 10.4. The van der Waals surface area contributed by atoms with Crippen molar-refractivity contribution in [3.8, 4) is 44.5 Å². The molecule has 0 unspecified atom stereocenters. The molecule has 0 spiro atoms. The van der Waals surface area contributed by atoms with Gasteiger partial charge < -0.3 is 4.42 Å². The molecule has 9 rings (SSSR count). The van der Waals surface area contributed by atoms with Crippen molar-refractivity contribution in [3.63, 3.8) is 0 Å². The number of fused-ring (bicyclic) bond motifs is 5. The van der Waals surface area contributed by atoms with Gasteiger partial charge in [0.25, 0.3) is 0 Å². The van der Waals surface area contributed by atoms with E-state index < -0.39 is 0 Å². The number of furan rings is 1. The predicted octanol–water partition coefficient (Wildman–Crippen LogP) is 12.6. The molecule has 0 amide bonds. The Labute approximate surface area is 261 Å². The fourth-order valence-electron chi connectivity index (χ4n) is 6.96. The van der Waals surface area contributed by atoms with E-state index in [0.29, 0.717) is 0 Å². The lowest BCUT2D eigenvalue weighted by Crippen LogP contribution is -1.90. The van der Waals surface area contributed by atoms with E-state index >= 15 is 0 Å². The van der Waals surface area contributed by atoms with Crippen LogP contribution in [-0.4, -0.2) is 0 Å². The summed E-state index contributed by atoms with van der Waals surface area (Å²) in [7, 11) is 0. The lowest BCUT2D eigenvalue weighted by atomic mass is 9.86. The van der Waals surface area contributed by atoms with E-state index in [1.54, 1.807) is 0 Å². The standard InChI is InChI=1S/C44H28O/c1-4-12-29(13-5-1)32-22-24-42-40(26-32)41-27-33(23-25-43(41)45-42)44-36-20-10-18-34(30-14-6-2-7-15-30)38(36)28-39-35(19-11-21-37(39)44)31-16-8-3-9-17-31/h1-28H. The third-order valence-corrected chi connectivity index (χ3v) is 9.07. The van der Waals surface area contributed by atoms with Crippen molar-refractivity contribution in [2.45, 2.75) is 0 Å². The van der Waals surface area contributed by atoms with Gasteiger partial charge in [0.15, 0.2) is 0 Å². The van der Waals surface area contributed by atoms with Crippen LogP contribution in [0.25, 0.3) is 88.0 Å².